The van der Waals surface area contributed by atoms with Gasteiger partial charge in [0.25, 0.3) is 0 Å². The van der Waals surface area contributed by atoms with Crippen molar-refractivity contribution in [1.29, 1.82) is 0 Å². The number of nitrogens with zero attached hydrogens (tertiary/aromatic N) is 1. The normalized spacial score (nSPS) is 10.7. The maximum atomic E-state index is 5.44. The third kappa shape index (κ3) is 3.75. The minimum Gasteiger partial charge on any atom is -0.497 e. The molecule has 4 nitrogen and oxygen atoms in total. The van der Waals surface area contributed by atoms with Crippen LogP contribution < -0.4 is 14.8 Å². The third-order valence-corrected chi connectivity index (χ3v) is 4.95. The van der Waals surface area contributed by atoms with Crippen molar-refractivity contribution in [3.05, 3.63) is 56.1 Å². The molecule has 24 heavy (non-hydrogen) atoms. The van der Waals surface area contributed by atoms with Crippen LogP contribution >= 0.6 is 38.5 Å². The Morgan fingerprint density at radius 2 is 1.92 bits per heavy atom. The molecule has 124 valence electrons. The summed E-state index contributed by atoms with van der Waals surface area (Å²) in [5.41, 5.74) is 2.00. The average Bonchev–Trinajstić information content (AvgIpc) is 2.60. The molecule has 6 heteroatoms. The van der Waals surface area contributed by atoms with E-state index in [1.165, 1.54) is 0 Å². The molecule has 0 fully saturated rings. The molecule has 0 aliphatic heterocycles. The number of hydrogen-bond donors (Lipinski definition) is 1. The summed E-state index contributed by atoms with van der Waals surface area (Å²) in [5, 5.41) is 4.48. The molecule has 1 aromatic heterocycles. The maximum Gasteiger partial charge on any atom is 0.141 e. The number of ether oxygens (including phenoxy) is 2. The number of anilines is 1. The SMILES string of the molecule is COc1ccc(CNc2nc3cc(I)ccc3cc2Br)c(OC)c1. The average molecular weight is 499 g/mol. The Balaban J connectivity index is 1.86. The van der Waals surface area contributed by atoms with E-state index in [1.54, 1.807) is 14.2 Å². The first-order valence-electron chi connectivity index (χ1n) is 7.31. The number of fused-ring (bicyclic) bond motifs is 1. The predicted octanol–water partition coefficient (Wildman–Crippen LogP) is 5.23. The van der Waals surface area contributed by atoms with Gasteiger partial charge in [-0.25, -0.2) is 4.98 Å². The molecular formula is C18H16BrIN2O2. The van der Waals surface area contributed by atoms with Gasteiger partial charge in [0.05, 0.1) is 24.2 Å². The molecule has 2 aromatic carbocycles. The first-order valence-corrected chi connectivity index (χ1v) is 9.18. The number of aromatic nitrogens is 1. The molecule has 0 aliphatic rings. The molecule has 0 radical (unpaired) electrons. The molecule has 1 heterocycles. The van der Waals surface area contributed by atoms with Crippen LogP contribution in [0.25, 0.3) is 10.9 Å². The lowest BCUT2D eigenvalue weighted by Gasteiger charge is -2.13. The summed E-state index contributed by atoms with van der Waals surface area (Å²) < 4.78 is 12.8. The number of rotatable bonds is 5. The topological polar surface area (TPSA) is 43.4 Å². The molecule has 0 aliphatic carbocycles. The first kappa shape index (κ1) is 17.3. The van der Waals surface area contributed by atoms with Crippen molar-refractivity contribution in [2.45, 2.75) is 6.54 Å². The fourth-order valence-corrected chi connectivity index (χ4v) is 3.37. The standard InChI is InChI=1S/C18H16BrIN2O2/c1-23-14-6-4-12(17(9-14)24-2)10-21-18-15(19)7-11-3-5-13(20)8-16(11)22-18/h3-9H,10H2,1-2H3,(H,21,22). The van der Waals surface area contributed by atoms with Crippen molar-refractivity contribution in [2.24, 2.45) is 0 Å². The Morgan fingerprint density at radius 1 is 1.08 bits per heavy atom. The van der Waals surface area contributed by atoms with E-state index in [-0.39, 0.29) is 0 Å². The number of nitrogens with one attached hydrogen (secondary N) is 1. The van der Waals surface area contributed by atoms with Gasteiger partial charge < -0.3 is 14.8 Å². The lowest BCUT2D eigenvalue weighted by atomic mass is 10.2. The highest BCUT2D eigenvalue weighted by Gasteiger charge is 2.08. The molecule has 0 bridgehead atoms. The van der Waals surface area contributed by atoms with Crippen molar-refractivity contribution < 1.29 is 9.47 Å². The Bertz CT molecular complexity index is 886. The van der Waals surface area contributed by atoms with Crippen LogP contribution in [0, 0.1) is 3.57 Å². The quantitative estimate of drug-likeness (QED) is 0.489. The number of hydrogen-bond acceptors (Lipinski definition) is 4. The lowest BCUT2D eigenvalue weighted by molar-refractivity contribution is 0.391. The van der Waals surface area contributed by atoms with Crippen LogP contribution in [-0.2, 0) is 6.54 Å². The second-order valence-corrected chi connectivity index (χ2v) is 7.29. The lowest BCUT2D eigenvalue weighted by Crippen LogP contribution is -2.04. The number of pyridine rings is 1. The molecule has 3 aromatic rings. The zero-order chi connectivity index (χ0) is 17.1. The largest absolute Gasteiger partial charge is 0.497 e. The van der Waals surface area contributed by atoms with Gasteiger partial charge in [0.1, 0.15) is 17.3 Å². The third-order valence-electron chi connectivity index (χ3n) is 3.67. The van der Waals surface area contributed by atoms with Gasteiger partial charge in [-0.2, -0.15) is 0 Å². The van der Waals surface area contributed by atoms with E-state index < -0.39 is 0 Å². The van der Waals surface area contributed by atoms with Crippen LogP contribution in [0.3, 0.4) is 0 Å². The Kier molecular flexibility index (Phi) is 5.45. The second kappa shape index (κ2) is 7.57. The summed E-state index contributed by atoms with van der Waals surface area (Å²) in [6.45, 7) is 0.605. The van der Waals surface area contributed by atoms with Gasteiger partial charge >= 0.3 is 0 Å². The molecule has 0 spiro atoms. The zero-order valence-electron chi connectivity index (χ0n) is 13.3. The molecule has 0 saturated heterocycles. The Hall–Kier alpha value is -1.54. The zero-order valence-corrected chi connectivity index (χ0v) is 17.0. The van der Waals surface area contributed by atoms with Gasteiger partial charge in [0.15, 0.2) is 0 Å². The van der Waals surface area contributed by atoms with Crippen LogP contribution in [0.2, 0.25) is 0 Å². The first-order chi connectivity index (χ1) is 11.6. The van der Waals surface area contributed by atoms with Crippen LogP contribution in [-0.4, -0.2) is 19.2 Å². The summed E-state index contributed by atoms with van der Waals surface area (Å²) in [7, 11) is 3.30. The fraction of sp³-hybridized carbons (Fsp3) is 0.167. The molecule has 0 atom stereocenters. The van der Waals surface area contributed by atoms with E-state index in [1.807, 2.05) is 18.2 Å². The van der Waals surface area contributed by atoms with E-state index in [2.05, 4.69) is 68.1 Å². The summed E-state index contributed by atoms with van der Waals surface area (Å²) in [6, 6.07) is 14.1. The highest BCUT2D eigenvalue weighted by Crippen LogP contribution is 2.29. The molecular weight excluding hydrogens is 483 g/mol. The molecule has 1 N–H and O–H groups in total. The van der Waals surface area contributed by atoms with Crippen molar-refractivity contribution in [3.63, 3.8) is 0 Å². The monoisotopic (exact) mass is 498 g/mol. The summed E-state index contributed by atoms with van der Waals surface area (Å²) in [4.78, 5) is 4.71. The maximum absolute atomic E-state index is 5.44. The van der Waals surface area contributed by atoms with E-state index in [9.17, 15) is 0 Å². The molecule has 0 saturated carbocycles. The minimum atomic E-state index is 0.605. The van der Waals surface area contributed by atoms with Crippen LogP contribution in [0.15, 0.2) is 46.9 Å². The summed E-state index contributed by atoms with van der Waals surface area (Å²) in [5.74, 6) is 2.37. The number of benzene rings is 2. The van der Waals surface area contributed by atoms with Crippen molar-refractivity contribution in [1.82, 2.24) is 4.98 Å². The smallest absolute Gasteiger partial charge is 0.141 e. The van der Waals surface area contributed by atoms with E-state index in [4.69, 9.17) is 14.5 Å². The minimum absolute atomic E-state index is 0.605. The van der Waals surface area contributed by atoms with Crippen molar-refractivity contribution in [3.8, 4) is 11.5 Å². The van der Waals surface area contributed by atoms with Crippen LogP contribution in [0.5, 0.6) is 11.5 Å². The van der Waals surface area contributed by atoms with Gasteiger partial charge in [-0.15, -0.1) is 0 Å². The van der Waals surface area contributed by atoms with Gasteiger partial charge in [-0.1, -0.05) is 6.07 Å². The van der Waals surface area contributed by atoms with Gasteiger partial charge in [-0.3, -0.25) is 0 Å². The Labute approximate surface area is 162 Å². The van der Waals surface area contributed by atoms with Crippen molar-refractivity contribution in [2.75, 3.05) is 19.5 Å². The van der Waals surface area contributed by atoms with Gasteiger partial charge in [0, 0.05) is 27.1 Å². The Morgan fingerprint density at radius 3 is 2.67 bits per heavy atom. The number of methoxy groups -OCH3 is 2. The van der Waals surface area contributed by atoms with Crippen molar-refractivity contribution >= 4 is 55.2 Å². The molecule has 0 amide bonds. The van der Waals surface area contributed by atoms with E-state index in [0.717, 1.165) is 41.8 Å². The highest BCUT2D eigenvalue weighted by atomic mass is 127. The summed E-state index contributed by atoms with van der Waals surface area (Å²) in [6.07, 6.45) is 0. The molecule has 0 unspecified atom stereocenters. The van der Waals surface area contributed by atoms with Crippen LogP contribution in [0.4, 0.5) is 5.82 Å². The van der Waals surface area contributed by atoms with Gasteiger partial charge in [0.2, 0.25) is 0 Å². The molecule has 3 rings (SSSR count). The number of halogens is 2. The van der Waals surface area contributed by atoms with E-state index in [0.29, 0.717) is 6.54 Å². The van der Waals surface area contributed by atoms with E-state index >= 15 is 0 Å². The highest BCUT2D eigenvalue weighted by molar-refractivity contribution is 14.1. The van der Waals surface area contributed by atoms with Gasteiger partial charge in [-0.05, 0) is 68.9 Å². The fourth-order valence-electron chi connectivity index (χ4n) is 2.42. The summed E-state index contributed by atoms with van der Waals surface area (Å²) >= 11 is 5.88. The predicted molar refractivity (Wildman–Crippen MR) is 109 cm³/mol. The van der Waals surface area contributed by atoms with Crippen LogP contribution in [0.1, 0.15) is 5.56 Å². The second-order valence-electron chi connectivity index (χ2n) is 5.19.